The third-order valence-corrected chi connectivity index (χ3v) is 3.74. The maximum absolute atomic E-state index is 11.1. The van der Waals surface area contributed by atoms with E-state index in [1.54, 1.807) is 0 Å². The van der Waals surface area contributed by atoms with E-state index in [4.69, 9.17) is 14.8 Å². The quantitative estimate of drug-likeness (QED) is 0.518. The zero-order valence-electron chi connectivity index (χ0n) is 8.80. The van der Waals surface area contributed by atoms with Crippen molar-refractivity contribution < 1.29 is 41.9 Å². The number of benzene rings is 1. The van der Waals surface area contributed by atoms with Crippen molar-refractivity contribution in [3.63, 3.8) is 0 Å². The zero-order valence-corrected chi connectivity index (χ0v) is 10.5. The summed E-state index contributed by atoms with van der Waals surface area (Å²) < 4.78 is 52.8. The van der Waals surface area contributed by atoms with Crippen molar-refractivity contribution in [2.45, 2.75) is 4.90 Å². The van der Waals surface area contributed by atoms with Gasteiger partial charge in [0.05, 0.1) is 16.4 Å². The molecule has 19 heavy (non-hydrogen) atoms. The monoisotopic (exact) mass is 308 g/mol. The highest BCUT2D eigenvalue weighted by Gasteiger charge is 2.31. The first kappa shape index (κ1) is 15.0. The molecule has 1 aromatic carbocycles. The molecule has 0 amide bonds. The second-order valence-electron chi connectivity index (χ2n) is 3.18. The molecule has 0 aliphatic heterocycles. The summed E-state index contributed by atoms with van der Waals surface area (Å²) >= 11 is 0. The van der Waals surface area contributed by atoms with Crippen LogP contribution in [0.1, 0.15) is 20.7 Å². The van der Waals surface area contributed by atoms with Gasteiger partial charge in [0.2, 0.25) is 0 Å². The van der Waals surface area contributed by atoms with Crippen molar-refractivity contribution in [2.75, 3.05) is 0 Å². The van der Waals surface area contributed by atoms with Gasteiger partial charge in [0, 0.05) is 0 Å². The van der Waals surface area contributed by atoms with Gasteiger partial charge in [-0.15, -0.1) is 0 Å². The minimum absolute atomic E-state index is 0.582. The van der Waals surface area contributed by atoms with E-state index < -0.39 is 51.1 Å². The normalized spacial score (nSPS) is 11.0. The molecule has 102 valence electrons. The molecule has 0 atom stereocenters. The van der Waals surface area contributed by atoms with Crippen molar-refractivity contribution in [1.29, 1.82) is 0 Å². The van der Waals surface area contributed by atoms with E-state index in [1.165, 1.54) is 0 Å². The van der Waals surface area contributed by atoms with E-state index in [-0.39, 0.29) is 0 Å². The second-order valence-corrected chi connectivity index (χ2v) is 5.53. The van der Waals surface area contributed by atoms with E-state index in [0.717, 1.165) is 0 Å². The predicted octanol–water partition coefficient (Wildman–Crippen LogP) is 0.128. The minimum atomic E-state index is -5.24. The van der Waals surface area contributed by atoms with Crippen LogP contribution in [0.4, 0.5) is 0 Å². The van der Waals surface area contributed by atoms with E-state index in [9.17, 15) is 27.1 Å². The maximum Gasteiger partial charge on any atom is 0.349 e. The Hall–Kier alpha value is -2.03. The smallest absolute Gasteiger partial charge is 0.349 e. The minimum Gasteiger partial charge on any atom is -0.478 e. The van der Waals surface area contributed by atoms with Crippen LogP contribution in [0, 0.1) is 0 Å². The summed E-state index contributed by atoms with van der Waals surface area (Å²) in [5.74, 6) is -3.83. The van der Waals surface area contributed by atoms with E-state index >= 15 is 0 Å². The van der Waals surface area contributed by atoms with Gasteiger partial charge >= 0.3 is 19.6 Å². The molecule has 1 rings (SSSR count). The highest BCUT2D eigenvalue weighted by molar-refractivity contribution is 7.86. The van der Waals surface area contributed by atoms with E-state index in [0.29, 0.717) is 12.1 Å². The summed E-state index contributed by atoms with van der Waals surface area (Å²) in [4.78, 5) is 20.3. The van der Waals surface area contributed by atoms with E-state index in [2.05, 4.69) is 0 Å². The fourth-order valence-corrected chi connectivity index (χ4v) is 2.92. The molecule has 0 saturated heterocycles. The first-order chi connectivity index (χ1) is 8.57. The van der Waals surface area contributed by atoms with Gasteiger partial charge in [-0.05, 0) is 12.1 Å². The average Bonchev–Trinajstić information content (AvgIpc) is 2.25. The Kier molecular flexibility index (Phi) is 3.89. The van der Waals surface area contributed by atoms with Crippen LogP contribution < -0.4 is 5.30 Å². The largest absolute Gasteiger partial charge is 0.478 e. The standard InChI is InChI=1S/C8H5O9PS/c9-7(10)3-1-2-4(18(13)14)5(8(11)12)6(3)19(15,16)17/h1-2H,(H,9,10)(H,11,12)(H,15,16,17). The molecule has 0 aliphatic carbocycles. The number of carboxylic acid groups (broad SMARTS) is 2. The van der Waals surface area contributed by atoms with Gasteiger partial charge in [-0.3, -0.25) is 4.55 Å². The Labute approximate surface area is 106 Å². The molecular formula is C8H5O9PS. The zero-order chi connectivity index (χ0) is 15.0. The SMILES string of the molecule is O=C(O)c1ccc(P(=O)=O)c(C(=O)O)c1S(=O)(=O)O. The van der Waals surface area contributed by atoms with Gasteiger partial charge in [0.25, 0.3) is 10.1 Å². The number of carboxylic acids is 2. The molecule has 0 aliphatic rings. The molecule has 0 spiro atoms. The number of hydrogen-bond acceptors (Lipinski definition) is 6. The number of rotatable bonds is 4. The average molecular weight is 308 g/mol. The van der Waals surface area contributed by atoms with Crippen LogP contribution in [-0.2, 0) is 19.2 Å². The van der Waals surface area contributed by atoms with Crippen LogP contribution >= 0.6 is 7.68 Å². The van der Waals surface area contributed by atoms with Gasteiger partial charge in [0.1, 0.15) is 4.90 Å². The highest BCUT2D eigenvalue weighted by Crippen LogP contribution is 2.23. The maximum atomic E-state index is 11.1. The van der Waals surface area contributed by atoms with Gasteiger partial charge in [-0.25, -0.2) is 18.7 Å². The Morgan fingerprint density at radius 2 is 1.58 bits per heavy atom. The molecule has 0 aromatic heterocycles. The third-order valence-electron chi connectivity index (χ3n) is 2.03. The Bertz CT molecular complexity index is 736. The summed E-state index contributed by atoms with van der Waals surface area (Å²) in [7, 11) is -8.73. The van der Waals surface area contributed by atoms with Crippen molar-refractivity contribution in [2.24, 2.45) is 0 Å². The fourth-order valence-electron chi connectivity index (χ4n) is 1.37. The van der Waals surface area contributed by atoms with Gasteiger partial charge in [0.15, 0.2) is 0 Å². The molecule has 0 unspecified atom stereocenters. The van der Waals surface area contributed by atoms with Crippen molar-refractivity contribution >= 4 is 35.0 Å². The van der Waals surface area contributed by atoms with Crippen molar-refractivity contribution in [3.05, 3.63) is 23.3 Å². The van der Waals surface area contributed by atoms with Gasteiger partial charge < -0.3 is 10.2 Å². The van der Waals surface area contributed by atoms with E-state index in [1.807, 2.05) is 0 Å². The lowest BCUT2D eigenvalue weighted by Crippen LogP contribution is -2.21. The summed E-state index contributed by atoms with van der Waals surface area (Å²) in [6, 6.07) is 1.21. The van der Waals surface area contributed by atoms with Crippen LogP contribution in [0.2, 0.25) is 0 Å². The predicted molar refractivity (Wildman–Crippen MR) is 58.1 cm³/mol. The summed E-state index contributed by atoms with van der Waals surface area (Å²) in [6.07, 6.45) is 0. The first-order valence-corrected chi connectivity index (χ1v) is 6.94. The lowest BCUT2D eigenvalue weighted by atomic mass is 10.1. The molecule has 0 fully saturated rings. The Morgan fingerprint density at radius 3 is 1.89 bits per heavy atom. The number of carbonyl (C=O) groups is 2. The topological polar surface area (TPSA) is 163 Å². The summed E-state index contributed by atoms with van der Waals surface area (Å²) in [5, 5.41) is 16.7. The molecule has 3 N–H and O–H groups in total. The van der Waals surface area contributed by atoms with Crippen molar-refractivity contribution in [3.8, 4) is 0 Å². The summed E-state index contributed by atoms with van der Waals surface area (Å²) in [6.45, 7) is 0. The molecular weight excluding hydrogens is 303 g/mol. The highest BCUT2D eigenvalue weighted by atomic mass is 32.2. The van der Waals surface area contributed by atoms with Crippen LogP contribution in [-0.4, -0.2) is 35.1 Å². The van der Waals surface area contributed by atoms with Crippen LogP contribution in [0.3, 0.4) is 0 Å². The summed E-state index contributed by atoms with van der Waals surface area (Å²) in [5.41, 5.74) is -2.35. The fraction of sp³-hybridized carbons (Fsp3) is 0. The second kappa shape index (κ2) is 4.92. The molecule has 9 nitrogen and oxygen atoms in total. The number of aromatic carboxylic acids is 2. The van der Waals surface area contributed by atoms with Gasteiger partial charge in [-0.1, -0.05) is 0 Å². The molecule has 0 radical (unpaired) electrons. The lowest BCUT2D eigenvalue weighted by Gasteiger charge is -2.08. The molecule has 0 saturated carbocycles. The van der Waals surface area contributed by atoms with Crippen LogP contribution in [0.15, 0.2) is 17.0 Å². The lowest BCUT2D eigenvalue weighted by molar-refractivity contribution is 0.0689. The molecule has 11 heteroatoms. The molecule has 1 aromatic rings. The molecule has 0 heterocycles. The van der Waals surface area contributed by atoms with Crippen LogP contribution in [0.25, 0.3) is 0 Å². The first-order valence-electron chi connectivity index (χ1n) is 4.32. The van der Waals surface area contributed by atoms with Crippen LogP contribution in [0.5, 0.6) is 0 Å². The Balaban J connectivity index is 4.05. The Morgan fingerprint density at radius 1 is 1.05 bits per heavy atom. The number of hydrogen-bond donors (Lipinski definition) is 3. The van der Waals surface area contributed by atoms with Gasteiger partial charge in [-0.2, -0.15) is 8.42 Å². The third kappa shape index (κ3) is 2.87. The van der Waals surface area contributed by atoms with Crippen molar-refractivity contribution in [1.82, 2.24) is 0 Å². The molecule has 0 bridgehead atoms.